The van der Waals surface area contributed by atoms with Gasteiger partial charge in [0.1, 0.15) is 5.69 Å². The van der Waals surface area contributed by atoms with Gasteiger partial charge in [0.05, 0.1) is 21.7 Å². The fourth-order valence-electron chi connectivity index (χ4n) is 2.07. The number of nitrogens with one attached hydrogen (secondary N) is 2. The molecule has 6 nitrogen and oxygen atoms in total. The molecule has 2 N–H and O–H groups in total. The molecule has 128 valence electrons. The van der Waals surface area contributed by atoms with Crippen LogP contribution in [0.4, 0.5) is 17.3 Å². The molecule has 2 aromatic carbocycles. The highest BCUT2D eigenvalue weighted by Gasteiger charge is 2.10. The molecule has 1 amide bonds. The molecule has 26 heavy (non-hydrogen) atoms. The van der Waals surface area contributed by atoms with E-state index in [9.17, 15) is 4.79 Å². The van der Waals surface area contributed by atoms with Crippen LogP contribution in [-0.2, 0) is 0 Å². The van der Waals surface area contributed by atoms with Gasteiger partial charge in [0.2, 0.25) is 5.95 Å². The summed E-state index contributed by atoms with van der Waals surface area (Å²) in [4.78, 5) is 20.6. The lowest BCUT2D eigenvalue weighted by atomic mass is 10.2. The number of amides is 1. The van der Waals surface area contributed by atoms with Gasteiger partial charge in [-0.2, -0.15) is 5.26 Å². The third-order valence-corrected chi connectivity index (χ3v) is 4.07. The smallest absolute Gasteiger partial charge is 0.274 e. The summed E-state index contributed by atoms with van der Waals surface area (Å²) in [6, 6.07) is 15.0. The first-order chi connectivity index (χ1) is 12.5. The van der Waals surface area contributed by atoms with Crippen LogP contribution in [0.15, 0.2) is 54.7 Å². The first-order valence-corrected chi connectivity index (χ1v) is 8.17. The zero-order valence-electron chi connectivity index (χ0n) is 13.2. The highest BCUT2D eigenvalue weighted by atomic mass is 35.5. The van der Waals surface area contributed by atoms with Crippen molar-refractivity contribution in [1.82, 2.24) is 9.97 Å². The normalized spacial score (nSPS) is 10.0. The lowest BCUT2D eigenvalue weighted by molar-refractivity contribution is 0.102. The van der Waals surface area contributed by atoms with Gasteiger partial charge < -0.3 is 10.6 Å². The largest absolute Gasteiger partial charge is 0.324 e. The van der Waals surface area contributed by atoms with E-state index in [0.717, 1.165) is 0 Å². The summed E-state index contributed by atoms with van der Waals surface area (Å²) in [6.45, 7) is 0. The van der Waals surface area contributed by atoms with Gasteiger partial charge >= 0.3 is 0 Å². The number of benzene rings is 2. The van der Waals surface area contributed by atoms with E-state index in [0.29, 0.717) is 27.0 Å². The molecular weight excluding hydrogens is 373 g/mol. The van der Waals surface area contributed by atoms with Crippen molar-refractivity contribution in [2.24, 2.45) is 0 Å². The predicted molar refractivity (Wildman–Crippen MR) is 101 cm³/mol. The van der Waals surface area contributed by atoms with Crippen molar-refractivity contribution in [1.29, 1.82) is 5.26 Å². The van der Waals surface area contributed by atoms with E-state index in [4.69, 9.17) is 28.5 Å². The van der Waals surface area contributed by atoms with Gasteiger partial charge in [0.25, 0.3) is 5.91 Å². The summed E-state index contributed by atoms with van der Waals surface area (Å²) in [5.74, 6) is -0.148. The van der Waals surface area contributed by atoms with Crippen molar-refractivity contribution >= 4 is 46.4 Å². The molecule has 0 aliphatic heterocycles. The third kappa shape index (κ3) is 4.28. The number of nitrogens with zero attached hydrogens (tertiary/aromatic N) is 3. The SMILES string of the molecule is N#Cc1ccc(NC(=O)c2ccnc(Nc3ccc(Cl)c(Cl)c3)n2)cc1. The molecule has 3 rings (SSSR count). The standard InChI is InChI=1S/C18H11Cl2N5O/c19-14-6-5-13(9-15(14)20)24-18-22-8-7-16(25-18)17(26)23-12-3-1-11(10-21)2-4-12/h1-9H,(H,23,26)(H,22,24,25). The Kier molecular flexibility index (Phi) is 5.32. The van der Waals surface area contributed by atoms with Crippen LogP contribution in [0.1, 0.15) is 16.1 Å². The monoisotopic (exact) mass is 383 g/mol. The summed E-state index contributed by atoms with van der Waals surface area (Å²) >= 11 is 11.9. The van der Waals surface area contributed by atoms with E-state index in [1.165, 1.54) is 12.3 Å². The number of nitriles is 1. The average Bonchev–Trinajstić information content (AvgIpc) is 2.65. The number of halogens is 2. The minimum absolute atomic E-state index is 0.187. The molecule has 0 bridgehead atoms. The van der Waals surface area contributed by atoms with Gasteiger partial charge in [-0.1, -0.05) is 23.2 Å². The molecule has 0 aliphatic rings. The Morgan fingerprint density at radius 2 is 1.73 bits per heavy atom. The van der Waals surface area contributed by atoms with E-state index < -0.39 is 5.91 Å². The third-order valence-electron chi connectivity index (χ3n) is 3.34. The van der Waals surface area contributed by atoms with Gasteiger partial charge in [-0.05, 0) is 48.5 Å². The maximum absolute atomic E-state index is 12.3. The molecule has 8 heteroatoms. The Balaban J connectivity index is 1.74. The van der Waals surface area contributed by atoms with Crippen LogP contribution < -0.4 is 10.6 Å². The molecule has 0 aliphatic carbocycles. The zero-order valence-corrected chi connectivity index (χ0v) is 14.7. The second-order valence-electron chi connectivity index (χ2n) is 5.16. The molecule has 0 unspecified atom stereocenters. The maximum atomic E-state index is 12.3. The van der Waals surface area contributed by atoms with Gasteiger partial charge in [0, 0.05) is 17.6 Å². The van der Waals surface area contributed by atoms with Crippen molar-refractivity contribution < 1.29 is 4.79 Å². The van der Waals surface area contributed by atoms with Gasteiger partial charge in [0.15, 0.2) is 0 Å². The molecule has 3 aromatic rings. The van der Waals surface area contributed by atoms with E-state index in [2.05, 4.69) is 20.6 Å². The molecular formula is C18H11Cl2N5O. The summed E-state index contributed by atoms with van der Waals surface area (Å²) in [6.07, 6.45) is 1.47. The number of anilines is 3. The molecule has 0 saturated heterocycles. The molecule has 1 heterocycles. The first-order valence-electron chi connectivity index (χ1n) is 7.42. The van der Waals surface area contributed by atoms with Crippen LogP contribution in [0, 0.1) is 11.3 Å². The van der Waals surface area contributed by atoms with Crippen molar-refractivity contribution in [3.05, 3.63) is 76.0 Å². The van der Waals surface area contributed by atoms with Crippen LogP contribution in [-0.4, -0.2) is 15.9 Å². The Bertz CT molecular complexity index is 999. The van der Waals surface area contributed by atoms with Crippen molar-refractivity contribution in [3.63, 3.8) is 0 Å². The summed E-state index contributed by atoms with van der Waals surface area (Å²) in [5, 5.41) is 15.3. The Hall–Kier alpha value is -3.14. The molecule has 0 fully saturated rings. The number of aromatic nitrogens is 2. The molecule has 0 atom stereocenters. The minimum Gasteiger partial charge on any atom is -0.324 e. The Morgan fingerprint density at radius 1 is 1.00 bits per heavy atom. The highest BCUT2D eigenvalue weighted by molar-refractivity contribution is 6.42. The van der Waals surface area contributed by atoms with E-state index in [1.54, 1.807) is 42.5 Å². The molecule has 0 radical (unpaired) electrons. The second kappa shape index (κ2) is 7.83. The first kappa shape index (κ1) is 17.7. The van der Waals surface area contributed by atoms with E-state index >= 15 is 0 Å². The number of hydrogen-bond donors (Lipinski definition) is 2. The maximum Gasteiger partial charge on any atom is 0.274 e. The summed E-state index contributed by atoms with van der Waals surface area (Å²) < 4.78 is 0. The number of carbonyl (C=O) groups is 1. The molecule has 0 spiro atoms. The zero-order chi connectivity index (χ0) is 18.5. The van der Waals surface area contributed by atoms with Crippen LogP contribution in [0.3, 0.4) is 0 Å². The van der Waals surface area contributed by atoms with E-state index in [1.807, 2.05) is 6.07 Å². The van der Waals surface area contributed by atoms with Gasteiger partial charge in [-0.15, -0.1) is 0 Å². The average molecular weight is 384 g/mol. The lowest BCUT2D eigenvalue weighted by Gasteiger charge is -2.08. The lowest BCUT2D eigenvalue weighted by Crippen LogP contribution is -2.14. The Morgan fingerprint density at radius 3 is 2.42 bits per heavy atom. The summed E-state index contributed by atoms with van der Waals surface area (Å²) in [5.41, 5.74) is 1.90. The summed E-state index contributed by atoms with van der Waals surface area (Å²) in [7, 11) is 0. The van der Waals surface area contributed by atoms with Crippen LogP contribution >= 0.6 is 23.2 Å². The number of rotatable bonds is 4. The minimum atomic E-state index is -0.394. The number of hydrogen-bond acceptors (Lipinski definition) is 5. The quantitative estimate of drug-likeness (QED) is 0.683. The van der Waals surface area contributed by atoms with E-state index in [-0.39, 0.29) is 11.6 Å². The van der Waals surface area contributed by atoms with Crippen molar-refractivity contribution in [2.45, 2.75) is 0 Å². The topological polar surface area (TPSA) is 90.7 Å². The van der Waals surface area contributed by atoms with Crippen molar-refractivity contribution in [3.8, 4) is 6.07 Å². The van der Waals surface area contributed by atoms with Crippen LogP contribution in [0.5, 0.6) is 0 Å². The number of carbonyl (C=O) groups excluding carboxylic acids is 1. The fraction of sp³-hybridized carbons (Fsp3) is 0. The molecule has 1 aromatic heterocycles. The van der Waals surface area contributed by atoms with Crippen molar-refractivity contribution in [2.75, 3.05) is 10.6 Å². The van der Waals surface area contributed by atoms with Crippen LogP contribution in [0.2, 0.25) is 10.0 Å². The van der Waals surface area contributed by atoms with Gasteiger partial charge in [-0.3, -0.25) is 4.79 Å². The van der Waals surface area contributed by atoms with Crippen LogP contribution in [0.25, 0.3) is 0 Å². The second-order valence-corrected chi connectivity index (χ2v) is 5.98. The Labute approximate surface area is 159 Å². The highest BCUT2D eigenvalue weighted by Crippen LogP contribution is 2.26. The fourth-order valence-corrected chi connectivity index (χ4v) is 2.37. The molecule has 0 saturated carbocycles. The predicted octanol–water partition coefficient (Wildman–Crippen LogP) is 4.65. The van der Waals surface area contributed by atoms with Gasteiger partial charge in [-0.25, -0.2) is 9.97 Å².